The van der Waals surface area contributed by atoms with Crippen LogP contribution < -0.4 is 15.3 Å². The number of rotatable bonds is 4. The molecule has 0 amide bonds. The second-order valence-electron chi connectivity index (χ2n) is 7.73. The molecule has 9 heteroatoms. The first kappa shape index (κ1) is 20.5. The third-order valence-corrected chi connectivity index (χ3v) is 7.13. The minimum atomic E-state index is -3.81. The third kappa shape index (κ3) is 3.48. The number of imidazole rings is 1. The molecule has 0 spiro atoms. The van der Waals surface area contributed by atoms with Crippen molar-refractivity contribution in [2.24, 2.45) is 14.1 Å². The lowest BCUT2D eigenvalue weighted by atomic mass is 10.2. The van der Waals surface area contributed by atoms with Gasteiger partial charge in [-0.2, -0.15) is 0 Å². The fraction of sp³-hybridized carbons (Fsp3) is 0.381. The second kappa shape index (κ2) is 7.48. The van der Waals surface area contributed by atoms with Crippen LogP contribution in [0.3, 0.4) is 0 Å². The Hall–Kier alpha value is -2.78. The molecule has 1 fully saturated rings. The monoisotopic (exact) mass is 430 g/mol. The summed E-state index contributed by atoms with van der Waals surface area (Å²) in [6.07, 6.45) is 0. The predicted octanol–water partition coefficient (Wildman–Crippen LogP) is 2.13. The molecule has 0 saturated carbocycles. The number of aromatic nitrogens is 2. The Labute approximate surface area is 175 Å². The quantitative estimate of drug-likeness (QED) is 0.685. The maximum Gasteiger partial charge on any atom is 0.328 e. The van der Waals surface area contributed by atoms with Crippen molar-refractivity contribution in [3.8, 4) is 0 Å². The molecular weight excluding hydrogens is 404 g/mol. The number of hydrogen-bond donors (Lipinski definition) is 1. The van der Waals surface area contributed by atoms with E-state index in [-0.39, 0.29) is 10.6 Å². The van der Waals surface area contributed by atoms with Crippen molar-refractivity contribution >= 4 is 32.4 Å². The van der Waals surface area contributed by atoms with E-state index in [2.05, 4.69) is 9.62 Å². The van der Waals surface area contributed by atoms with E-state index in [0.717, 1.165) is 16.8 Å². The van der Waals surface area contributed by atoms with Gasteiger partial charge in [-0.25, -0.2) is 13.2 Å². The van der Waals surface area contributed by atoms with Crippen molar-refractivity contribution in [2.45, 2.75) is 18.7 Å². The molecule has 2 aromatic carbocycles. The lowest BCUT2D eigenvalue weighted by Crippen LogP contribution is -2.36. The Morgan fingerprint density at radius 1 is 0.967 bits per heavy atom. The van der Waals surface area contributed by atoms with Crippen molar-refractivity contribution in [1.82, 2.24) is 9.13 Å². The molecule has 1 aromatic heterocycles. The van der Waals surface area contributed by atoms with Crippen molar-refractivity contribution in [2.75, 3.05) is 35.9 Å². The van der Waals surface area contributed by atoms with E-state index in [1.165, 1.54) is 4.57 Å². The van der Waals surface area contributed by atoms with Gasteiger partial charge in [-0.05, 0) is 37.6 Å². The molecular formula is C21H26N4O4S. The summed E-state index contributed by atoms with van der Waals surface area (Å²) in [6, 6.07) is 8.87. The van der Waals surface area contributed by atoms with Gasteiger partial charge in [-0.15, -0.1) is 0 Å². The van der Waals surface area contributed by atoms with Gasteiger partial charge in [0.25, 0.3) is 10.0 Å². The normalized spacial score (nSPS) is 15.0. The van der Waals surface area contributed by atoms with Gasteiger partial charge in [0, 0.05) is 27.2 Å². The zero-order valence-electron chi connectivity index (χ0n) is 17.6. The van der Waals surface area contributed by atoms with E-state index in [4.69, 9.17) is 4.74 Å². The standard InChI is InChI=1S/C21H26N4O4S/c1-14-5-6-20(15(2)11-14)30(27,28)22-16-12-18-19(24(4)21(26)23(18)3)13-17(16)25-7-9-29-10-8-25/h5-6,11-13,22H,7-10H2,1-4H3. The first-order chi connectivity index (χ1) is 14.2. The van der Waals surface area contributed by atoms with Crippen LogP contribution in [0.1, 0.15) is 11.1 Å². The summed E-state index contributed by atoms with van der Waals surface area (Å²) in [5.74, 6) is 0. The molecule has 0 unspecified atom stereocenters. The molecule has 1 aliphatic heterocycles. The second-order valence-corrected chi connectivity index (χ2v) is 9.38. The number of benzene rings is 2. The highest BCUT2D eigenvalue weighted by Crippen LogP contribution is 2.33. The summed E-state index contributed by atoms with van der Waals surface area (Å²) in [5.41, 5.74) is 4.12. The van der Waals surface area contributed by atoms with Gasteiger partial charge in [0.2, 0.25) is 0 Å². The van der Waals surface area contributed by atoms with Crippen LogP contribution in [0.4, 0.5) is 11.4 Å². The Morgan fingerprint density at radius 2 is 1.60 bits per heavy atom. The van der Waals surface area contributed by atoms with Crippen LogP contribution in [0.5, 0.6) is 0 Å². The van der Waals surface area contributed by atoms with Crippen LogP contribution in [0, 0.1) is 13.8 Å². The number of nitrogens with zero attached hydrogens (tertiary/aromatic N) is 3. The minimum Gasteiger partial charge on any atom is -0.378 e. The van der Waals surface area contributed by atoms with Gasteiger partial charge in [0.15, 0.2) is 0 Å². The predicted molar refractivity (Wildman–Crippen MR) is 118 cm³/mol. The molecule has 1 aliphatic rings. The van der Waals surface area contributed by atoms with E-state index in [1.54, 1.807) is 43.8 Å². The summed E-state index contributed by atoms with van der Waals surface area (Å²) in [6.45, 7) is 6.13. The maximum atomic E-state index is 13.2. The highest BCUT2D eigenvalue weighted by Gasteiger charge is 2.23. The van der Waals surface area contributed by atoms with E-state index >= 15 is 0 Å². The Morgan fingerprint density at radius 3 is 2.23 bits per heavy atom. The summed E-state index contributed by atoms with van der Waals surface area (Å²) < 4.78 is 37.8. The first-order valence-electron chi connectivity index (χ1n) is 9.81. The number of sulfonamides is 1. The van der Waals surface area contributed by atoms with Crippen molar-refractivity contribution in [3.05, 3.63) is 51.9 Å². The number of hydrogen-bond acceptors (Lipinski definition) is 5. The number of nitrogens with one attached hydrogen (secondary N) is 1. The molecule has 1 saturated heterocycles. The molecule has 4 rings (SSSR count). The molecule has 0 radical (unpaired) electrons. The average molecular weight is 431 g/mol. The maximum absolute atomic E-state index is 13.2. The van der Waals surface area contributed by atoms with Crippen molar-refractivity contribution in [1.29, 1.82) is 0 Å². The Bertz CT molecular complexity index is 1280. The van der Waals surface area contributed by atoms with Crippen LogP contribution >= 0.6 is 0 Å². The summed E-state index contributed by atoms with van der Waals surface area (Å²) in [5, 5.41) is 0. The molecule has 0 atom stereocenters. The number of fused-ring (bicyclic) bond motifs is 1. The number of ether oxygens (including phenoxy) is 1. The third-order valence-electron chi connectivity index (χ3n) is 5.61. The highest BCUT2D eigenvalue weighted by molar-refractivity contribution is 7.92. The van der Waals surface area contributed by atoms with Crippen LogP contribution in [-0.2, 0) is 28.9 Å². The zero-order valence-corrected chi connectivity index (χ0v) is 18.4. The first-order valence-corrected chi connectivity index (χ1v) is 11.3. The molecule has 160 valence electrons. The fourth-order valence-electron chi connectivity index (χ4n) is 3.98. The molecule has 0 aliphatic carbocycles. The lowest BCUT2D eigenvalue weighted by Gasteiger charge is -2.31. The van der Waals surface area contributed by atoms with Gasteiger partial charge in [0.1, 0.15) is 0 Å². The molecule has 1 N–H and O–H groups in total. The largest absolute Gasteiger partial charge is 0.378 e. The molecule has 30 heavy (non-hydrogen) atoms. The van der Waals surface area contributed by atoms with Crippen LogP contribution in [0.25, 0.3) is 11.0 Å². The van der Waals surface area contributed by atoms with Gasteiger partial charge in [-0.3, -0.25) is 13.9 Å². The summed E-state index contributed by atoms with van der Waals surface area (Å²) >= 11 is 0. The molecule has 8 nitrogen and oxygen atoms in total. The Balaban J connectivity index is 1.87. The van der Waals surface area contributed by atoms with Gasteiger partial charge in [0.05, 0.1) is 40.5 Å². The van der Waals surface area contributed by atoms with Crippen molar-refractivity contribution in [3.63, 3.8) is 0 Å². The smallest absolute Gasteiger partial charge is 0.328 e. The number of anilines is 2. The highest BCUT2D eigenvalue weighted by atomic mass is 32.2. The summed E-state index contributed by atoms with van der Waals surface area (Å²) in [7, 11) is -0.411. The SMILES string of the molecule is Cc1ccc(S(=O)(=O)Nc2cc3c(cc2N2CCOCC2)n(C)c(=O)n3C)c(C)c1. The van der Waals surface area contributed by atoms with E-state index in [1.807, 2.05) is 19.1 Å². The minimum absolute atomic E-state index is 0.160. The van der Waals surface area contributed by atoms with Crippen LogP contribution in [0.2, 0.25) is 0 Å². The molecule has 2 heterocycles. The van der Waals surface area contributed by atoms with Gasteiger partial charge in [-0.1, -0.05) is 17.7 Å². The van der Waals surface area contributed by atoms with Gasteiger partial charge >= 0.3 is 5.69 Å². The van der Waals surface area contributed by atoms with E-state index in [9.17, 15) is 13.2 Å². The Kier molecular flexibility index (Phi) is 5.11. The zero-order chi connectivity index (χ0) is 21.6. The van der Waals surface area contributed by atoms with E-state index < -0.39 is 10.0 Å². The van der Waals surface area contributed by atoms with Crippen molar-refractivity contribution < 1.29 is 13.2 Å². The number of morpholine rings is 1. The molecule has 0 bridgehead atoms. The fourth-order valence-corrected chi connectivity index (χ4v) is 5.28. The van der Waals surface area contributed by atoms with Gasteiger partial charge < -0.3 is 9.64 Å². The van der Waals surface area contributed by atoms with E-state index in [0.29, 0.717) is 43.1 Å². The molecule has 3 aromatic rings. The topological polar surface area (TPSA) is 85.6 Å². The average Bonchev–Trinajstić information content (AvgIpc) is 2.91. The van der Waals surface area contributed by atoms with Crippen LogP contribution in [0.15, 0.2) is 40.0 Å². The van der Waals surface area contributed by atoms with Crippen LogP contribution in [-0.4, -0.2) is 43.9 Å². The summed E-state index contributed by atoms with van der Waals surface area (Å²) in [4.78, 5) is 14.7. The number of aryl methyl sites for hydroxylation is 4. The lowest BCUT2D eigenvalue weighted by molar-refractivity contribution is 0.123.